The number of ether oxygens (including phenoxy) is 1. The molecule has 4 N–H and O–H groups in total. The Morgan fingerprint density at radius 2 is 1.82 bits per heavy atom. The van der Waals surface area contributed by atoms with Crippen molar-refractivity contribution in [2.24, 2.45) is 11.7 Å². The van der Waals surface area contributed by atoms with Gasteiger partial charge in [-0.05, 0) is 64.2 Å². The molecule has 0 atom stereocenters. The van der Waals surface area contributed by atoms with Gasteiger partial charge in [0.2, 0.25) is 0 Å². The van der Waals surface area contributed by atoms with Crippen LogP contribution in [0.4, 0.5) is 28.0 Å². The first-order valence-electron chi connectivity index (χ1n) is 11.8. The summed E-state index contributed by atoms with van der Waals surface area (Å²) in [5.41, 5.74) is 1.21. The van der Waals surface area contributed by atoms with E-state index in [1.165, 1.54) is 12.1 Å². The minimum Gasteiger partial charge on any atom is -0.444 e. The fourth-order valence-electron chi connectivity index (χ4n) is 3.73. The van der Waals surface area contributed by atoms with Crippen LogP contribution in [0.1, 0.15) is 45.6 Å². The Kier molecular flexibility index (Phi) is 9.92. The van der Waals surface area contributed by atoms with E-state index in [-0.39, 0.29) is 47.7 Å². The number of rotatable bonds is 8. The molecule has 2 amide bonds. The Morgan fingerprint density at radius 1 is 1.21 bits per heavy atom. The van der Waals surface area contributed by atoms with Crippen LogP contribution in [-0.4, -0.2) is 60.9 Å². The maximum absolute atomic E-state index is 14.9. The molecule has 0 saturated carbocycles. The number of hydrogen-bond acceptors (Lipinski definition) is 7. The zero-order valence-electron chi connectivity index (χ0n) is 21.3. The van der Waals surface area contributed by atoms with Crippen molar-refractivity contribution in [1.29, 1.82) is 5.41 Å². The summed E-state index contributed by atoms with van der Waals surface area (Å²) >= 11 is 0. The van der Waals surface area contributed by atoms with Gasteiger partial charge in [0, 0.05) is 12.1 Å². The van der Waals surface area contributed by atoms with E-state index in [1.807, 2.05) is 0 Å². The number of nitrogens with one attached hydrogen (secondary N) is 2. The van der Waals surface area contributed by atoms with Crippen LogP contribution in [0, 0.1) is 17.1 Å². The lowest BCUT2D eigenvalue weighted by Crippen LogP contribution is -2.38. The first kappa shape index (κ1) is 31.1. The van der Waals surface area contributed by atoms with Crippen LogP contribution in [0.3, 0.4) is 0 Å². The van der Waals surface area contributed by atoms with Crippen LogP contribution >= 0.6 is 0 Å². The van der Waals surface area contributed by atoms with Gasteiger partial charge >= 0.3 is 12.3 Å². The highest BCUT2D eigenvalue weighted by Gasteiger charge is 2.33. The van der Waals surface area contributed by atoms with Crippen molar-refractivity contribution >= 4 is 33.2 Å². The van der Waals surface area contributed by atoms with E-state index < -0.39 is 57.4 Å². The van der Waals surface area contributed by atoms with Crippen molar-refractivity contribution in [1.82, 2.24) is 4.90 Å². The summed E-state index contributed by atoms with van der Waals surface area (Å²) in [7, 11) is -3.14. The summed E-state index contributed by atoms with van der Waals surface area (Å²) in [6.07, 6.45) is -4.71. The molecule has 0 unspecified atom stereocenters. The number of carbonyl (C=O) groups is 2. The number of anilines is 1. The summed E-state index contributed by atoms with van der Waals surface area (Å²) in [5, 5.41) is 10.3. The highest BCUT2D eigenvalue weighted by Crippen LogP contribution is 2.26. The molecule has 38 heavy (non-hydrogen) atoms. The first-order valence-corrected chi connectivity index (χ1v) is 13.6. The maximum atomic E-state index is 14.9. The molecule has 2 rings (SSSR count). The third-order valence-electron chi connectivity index (χ3n) is 5.73. The molecule has 9 nitrogen and oxygen atoms in total. The van der Waals surface area contributed by atoms with Gasteiger partial charge in [0.1, 0.15) is 32.7 Å². The van der Waals surface area contributed by atoms with Crippen molar-refractivity contribution in [3.63, 3.8) is 0 Å². The molecule has 1 fully saturated rings. The number of hydrogen-bond donors (Lipinski definition) is 3. The second kappa shape index (κ2) is 12.1. The van der Waals surface area contributed by atoms with E-state index in [0.29, 0.717) is 12.8 Å². The topological polar surface area (TPSA) is 143 Å². The van der Waals surface area contributed by atoms with Gasteiger partial charge in [-0.3, -0.25) is 15.5 Å². The first-order chi connectivity index (χ1) is 17.4. The fraction of sp³-hybridized carbons (Fsp3) is 0.542. The molecule has 1 aromatic rings. The SMILES string of the molecule is CC(C)(C)OC(=O)Nc1cccc(F)c1CN(CCC1CCS(=O)(=O)CC1)C(=O)C(=N)C=C(N)C(F)(F)F. The lowest BCUT2D eigenvalue weighted by molar-refractivity contribution is -0.124. The van der Waals surface area contributed by atoms with Gasteiger partial charge in [-0.25, -0.2) is 17.6 Å². The smallest absolute Gasteiger partial charge is 0.430 e. The van der Waals surface area contributed by atoms with Crippen molar-refractivity contribution in [3.05, 3.63) is 41.4 Å². The monoisotopic (exact) mass is 564 g/mol. The lowest BCUT2D eigenvalue weighted by Gasteiger charge is -2.28. The standard InChI is InChI=1S/C24H32F4N4O5S/c1-23(2,3)37-22(34)31-19-6-4-5-17(25)16(19)14-32(10-7-15-8-11-38(35,36)12-9-15)21(33)18(29)13-20(30)24(26,27)28/h4-6,13,15,29H,7-12,14,30H2,1-3H3,(H,31,34). The molecule has 0 aromatic heterocycles. The molecule has 1 aliphatic rings. The van der Waals surface area contributed by atoms with Crippen LogP contribution in [0.15, 0.2) is 30.0 Å². The summed E-state index contributed by atoms with van der Waals surface area (Å²) in [6, 6.07) is 3.76. The molecule has 1 heterocycles. The van der Waals surface area contributed by atoms with Crippen molar-refractivity contribution in [3.8, 4) is 0 Å². The summed E-state index contributed by atoms with van der Waals surface area (Å²) < 4.78 is 82.1. The number of allylic oxidation sites excluding steroid dienone is 1. The van der Waals surface area contributed by atoms with Crippen LogP contribution in [-0.2, 0) is 25.9 Å². The minimum atomic E-state index is -4.96. The van der Waals surface area contributed by atoms with E-state index in [1.54, 1.807) is 20.8 Å². The zero-order chi connectivity index (χ0) is 28.9. The van der Waals surface area contributed by atoms with Gasteiger partial charge in [-0.15, -0.1) is 0 Å². The van der Waals surface area contributed by atoms with Crippen LogP contribution in [0.2, 0.25) is 0 Å². The molecule has 1 saturated heterocycles. The van der Waals surface area contributed by atoms with Crippen molar-refractivity contribution < 1.29 is 40.3 Å². The largest absolute Gasteiger partial charge is 0.444 e. The molecule has 1 aliphatic heterocycles. The Morgan fingerprint density at radius 3 is 2.37 bits per heavy atom. The number of sulfone groups is 1. The van der Waals surface area contributed by atoms with Gasteiger partial charge in [0.15, 0.2) is 0 Å². The van der Waals surface area contributed by atoms with Crippen LogP contribution < -0.4 is 11.1 Å². The molecule has 0 aliphatic carbocycles. The number of benzene rings is 1. The highest BCUT2D eigenvalue weighted by molar-refractivity contribution is 7.91. The Balaban J connectivity index is 2.33. The van der Waals surface area contributed by atoms with E-state index in [9.17, 15) is 35.6 Å². The van der Waals surface area contributed by atoms with Crippen molar-refractivity contribution in [2.75, 3.05) is 23.4 Å². The number of carbonyl (C=O) groups excluding carboxylic acids is 2. The third kappa shape index (κ3) is 9.62. The number of halogens is 4. The average molecular weight is 565 g/mol. The molecule has 0 radical (unpaired) electrons. The summed E-state index contributed by atoms with van der Waals surface area (Å²) in [5.74, 6) is -2.10. The van der Waals surface area contributed by atoms with Gasteiger partial charge in [-0.1, -0.05) is 6.07 Å². The van der Waals surface area contributed by atoms with E-state index in [2.05, 4.69) is 5.32 Å². The van der Waals surface area contributed by atoms with Crippen LogP contribution in [0.5, 0.6) is 0 Å². The van der Waals surface area contributed by atoms with E-state index in [4.69, 9.17) is 15.9 Å². The Labute approximate surface area is 218 Å². The molecule has 14 heteroatoms. The predicted molar refractivity (Wildman–Crippen MR) is 134 cm³/mol. The maximum Gasteiger partial charge on any atom is 0.430 e. The lowest BCUT2D eigenvalue weighted by atomic mass is 9.98. The quantitative estimate of drug-likeness (QED) is 0.320. The van der Waals surface area contributed by atoms with Crippen LogP contribution in [0.25, 0.3) is 0 Å². The summed E-state index contributed by atoms with van der Waals surface area (Å²) in [4.78, 5) is 26.3. The van der Waals surface area contributed by atoms with E-state index >= 15 is 0 Å². The Bertz CT molecular complexity index is 1180. The van der Waals surface area contributed by atoms with E-state index in [0.717, 1.165) is 11.0 Å². The molecule has 0 bridgehead atoms. The fourth-order valence-corrected chi connectivity index (χ4v) is 5.32. The van der Waals surface area contributed by atoms with Gasteiger partial charge in [0.25, 0.3) is 5.91 Å². The van der Waals surface area contributed by atoms with Gasteiger partial charge in [-0.2, -0.15) is 13.2 Å². The number of alkyl halides is 3. The molecule has 1 aromatic carbocycles. The number of nitrogens with zero attached hydrogens (tertiary/aromatic N) is 1. The summed E-state index contributed by atoms with van der Waals surface area (Å²) in [6.45, 7) is 4.28. The second-order valence-corrected chi connectivity index (χ2v) is 12.3. The number of amides is 2. The molecular formula is C24H32F4N4O5S. The molecular weight excluding hydrogens is 532 g/mol. The zero-order valence-corrected chi connectivity index (χ0v) is 22.1. The molecule has 212 valence electrons. The van der Waals surface area contributed by atoms with Gasteiger partial charge < -0.3 is 15.4 Å². The van der Waals surface area contributed by atoms with Gasteiger partial charge in [0.05, 0.1) is 23.7 Å². The molecule has 0 spiro atoms. The normalized spacial score (nSPS) is 16.6. The third-order valence-corrected chi connectivity index (χ3v) is 7.45. The minimum absolute atomic E-state index is 0.0242. The number of nitrogens with two attached hydrogens (primary N) is 1. The predicted octanol–water partition coefficient (Wildman–Crippen LogP) is 4.14. The Hall–Kier alpha value is -3.16. The van der Waals surface area contributed by atoms with Crippen molar-refractivity contribution in [2.45, 2.75) is 58.4 Å². The highest BCUT2D eigenvalue weighted by atomic mass is 32.2. The average Bonchev–Trinajstić information content (AvgIpc) is 2.76. The second-order valence-electron chi connectivity index (χ2n) is 10.0.